The first kappa shape index (κ1) is 24.0. The van der Waals surface area contributed by atoms with Gasteiger partial charge in [0.25, 0.3) is 12.1 Å². The van der Waals surface area contributed by atoms with Gasteiger partial charge in [0.15, 0.2) is 0 Å². The molecule has 0 unspecified atom stereocenters. The van der Waals surface area contributed by atoms with Crippen molar-refractivity contribution >= 4 is 12.4 Å². The van der Waals surface area contributed by atoms with Crippen LogP contribution >= 0.6 is 0 Å². The molecule has 0 bridgehead atoms. The van der Waals surface area contributed by atoms with Gasteiger partial charge in [0.1, 0.15) is 0 Å². The highest BCUT2D eigenvalue weighted by molar-refractivity contribution is 5.87. The SMILES string of the molecule is CC(O)(C(F)(F)F)C(F)(F)F.COC=O.O=C(O)c1ccccc1. The van der Waals surface area contributed by atoms with Gasteiger partial charge in [-0.15, -0.1) is 0 Å². The molecule has 0 aromatic heterocycles. The van der Waals surface area contributed by atoms with E-state index in [0.717, 1.165) is 0 Å². The number of carboxylic acid groups (broad SMARTS) is 1. The lowest BCUT2D eigenvalue weighted by molar-refractivity contribution is -0.360. The second-order valence-corrected chi connectivity index (χ2v) is 4.07. The minimum Gasteiger partial charge on any atom is -0.478 e. The Morgan fingerprint density at radius 3 is 1.50 bits per heavy atom. The van der Waals surface area contributed by atoms with E-state index in [-0.39, 0.29) is 6.92 Å². The molecule has 0 aliphatic rings. The van der Waals surface area contributed by atoms with Crippen LogP contribution in [-0.2, 0) is 9.53 Å². The van der Waals surface area contributed by atoms with E-state index in [9.17, 15) is 31.1 Å². The summed E-state index contributed by atoms with van der Waals surface area (Å²) in [5, 5.41) is 16.3. The molecule has 0 aliphatic heterocycles. The number of alkyl halides is 6. The topological polar surface area (TPSA) is 83.8 Å². The Morgan fingerprint density at radius 2 is 1.38 bits per heavy atom. The lowest BCUT2D eigenvalue weighted by Crippen LogP contribution is -2.54. The van der Waals surface area contributed by atoms with Crippen molar-refractivity contribution in [2.24, 2.45) is 0 Å². The summed E-state index contributed by atoms with van der Waals surface area (Å²) >= 11 is 0. The minimum absolute atomic E-state index is 0.331. The van der Waals surface area contributed by atoms with Crippen LogP contribution in [0.15, 0.2) is 30.3 Å². The van der Waals surface area contributed by atoms with Crippen molar-refractivity contribution in [2.45, 2.75) is 24.9 Å². The predicted molar refractivity (Wildman–Crippen MR) is 69.2 cm³/mol. The molecule has 2 N–H and O–H groups in total. The Labute approximate surface area is 132 Å². The van der Waals surface area contributed by atoms with Gasteiger partial charge in [0.05, 0.1) is 12.7 Å². The van der Waals surface area contributed by atoms with E-state index in [4.69, 9.17) is 15.0 Å². The number of carbonyl (C=O) groups is 2. The van der Waals surface area contributed by atoms with Gasteiger partial charge >= 0.3 is 18.3 Å². The molecule has 0 spiro atoms. The second kappa shape index (κ2) is 9.75. The van der Waals surface area contributed by atoms with E-state index in [1.165, 1.54) is 7.11 Å². The van der Waals surface area contributed by atoms with Gasteiger partial charge < -0.3 is 14.9 Å². The summed E-state index contributed by atoms with van der Waals surface area (Å²) in [6, 6.07) is 8.30. The molecule has 5 nitrogen and oxygen atoms in total. The molecule has 0 saturated carbocycles. The molecular formula is C13H14F6O5. The highest BCUT2D eigenvalue weighted by atomic mass is 19.4. The van der Waals surface area contributed by atoms with E-state index in [1.807, 2.05) is 0 Å². The van der Waals surface area contributed by atoms with Gasteiger partial charge in [-0.2, -0.15) is 26.3 Å². The largest absolute Gasteiger partial charge is 0.478 e. The number of hydrogen-bond donors (Lipinski definition) is 2. The Morgan fingerprint density at radius 1 is 1.04 bits per heavy atom. The summed E-state index contributed by atoms with van der Waals surface area (Å²) in [5.74, 6) is -0.879. The Bertz CT molecular complexity index is 480. The average molecular weight is 364 g/mol. The van der Waals surface area contributed by atoms with Gasteiger partial charge in [-0.25, -0.2) is 4.79 Å². The molecule has 24 heavy (non-hydrogen) atoms. The summed E-state index contributed by atoms with van der Waals surface area (Å²) < 4.78 is 72.0. The molecule has 0 fully saturated rings. The average Bonchev–Trinajstić information content (AvgIpc) is 2.47. The summed E-state index contributed by atoms with van der Waals surface area (Å²) in [6.07, 6.45) is -11.4. The third-order valence-electron chi connectivity index (χ3n) is 2.22. The van der Waals surface area contributed by atoms with Gasteiger partial charge in [-0.1, -0.05) is 18.2 Å². The van der Waals surface area contributed by atoms with Crippen LogP contribution < -0.4 is 0 Å². The summed E-state index contributed by atoms with van der Waals surface area (Å²) in [7, 11) is 1.31. The number of methoxy groups -OCH3 is 1. The number of carboxylic acids is 1. The molecule has 0 heterocycles. The summed E-state index contributed by atoms with van der Waals surface area (Å²) in [6.45, 7) is 0.0347. The Kier molecular flexibility index (Phi) is 9.74. The lowest BCUT2D eigenvalue weighted by atomic mass is 10.1. The van der Waals surface area contributed by atoms with Crippen molar-refractivity contribution in [3.05, 3.63) is 35.9 Å². The van der Waals surface area contributed by atoms with Gasteiger partial charge in [0.2, 0.25) is 0 Å². The number of hydrogen-bond acceptors (Lipinski definition) is 4. The summed E-state index contributed by atoms with van der Waals surface area (Å²) in [4.78, 5) is 19.2. The smallest absolute Gasteiger partial charge is 0.425 e. The maximum Gasteiger partial charge on any atom is 0.425 e. The van der Waals surface area contributed by atoms with Crippen molar-refractivity contribution < 1.29 is 50.9 Å². The zero-order valence-corrected chi connectivity index (χ0v) is 12.4. The Hall–Kier alpha value is -2.30. The highest BCUT2D eigenvalue weighted by Crippen LogP contribution is 2.42. The van der Waals surface area contributed by atoms with Crippen LogP contribution in [-0.4, -0.2) is 47.7 Å². The van der Waals surface area contributed by atoms with Crippen molar-refractivity contribution in [3.63, 3.8) is 0 Å². The van der Waals surface area contributed by atoms with Gasteiger partial charge in [0, 0.05) is 0 Å². The first-order valence-electron chi connectivity index (χ1n) is 5.83. The van der Waals surface area contributed by atoms with E-state index >= 15 is 0 Å². The third kappa shape index (κ3) is 8.36. The fourth-order valence-electron chi connectivity index (χ4n) is 0.741. The highest BCUT2D eigenvalue weighted by Gasteiger charge is 2.67. The van der Waals surface area contributed by atoms with Gasteiger partial charge in [-0.3, -0.25) is 4.79 Å². The molecule has 138 valence electrons. The Balaban J connectivity index is 0. The van der Waals surface area contributed by atoms with Crippen molar-refractivity contribution in [1.82, 2.24) is 0 Å². The molecule has 1 aromatic rings. The number of carbonyl (C=O) groups excluding carboxylic acids is 1. The number of rotatable bonds is 2. The van der Waals surface area contributed by atoms with Crippen molar-refractivity contribution in [1.29, 1.82) is 0 Å². The van der Waals surface area contributed by atoms with Crippen molar-refractivity contribution in [3.8, 4) is 0 Å². The maximum absolute atomic E-state index is 11.4. The molecule has 1 rings (SSSR count). The van der Waals surface area contributed by atoms with E-state index in [0.29, 0.717) is 12.0 Å². The van der Waals surface area contributed by atoms with Crippen LogP contribution in [0.25, 0.3) is 0 Å². The fraction of sp³-hybridized carbons (Fsp3) is 0.385. The monoisotopic (exact) mass is 364 g/mol. The predicted octanol–water partition coefficient (Wildman–Crippen LogP) is 3.04. The molecule has 1 aromatic carbocycles. The zero-order valence-electron chi connectivity index (χ0n) is 12.4. The fourth-order valence-corrected chi connectivity index (χ4v) is 0.741. The van der Waals surface area contributed by atoms with Crippen LogP contribution in [0.4, 0.5) is 26.3 Å². The third-order valence-corrected chi connectivity index (χ3v) is 2.22. The molecule has 11 heteroatoms. The normalized spacial score (nSPS) is 11.2. The maximum atomic E-state index is 11.4. The molecule has 0 amide bonds. The van der Waals surface area contributed by atoms with E-state index in [2.05, 4.69) is 4.74 Å². The molecule has 0 saturated heterocycles. The number of aromatic carboxylic acids is 1. The van der Waals surface area contributed by atoms with Crippen LogP contribution in [0.1, 0.15) is 17.3 Å². The number of halogens is 6. The van der Waals surface area contributed by atoms with Crippen molar-refractivity contribution in [2.75, 3.05) is 7.11 Å². The standard InChI is InChI=1S/C7H6O2.C4H4F6O.C2H4O2/c8-7(9)6-4-2-1-3-5-6;1-2(11,3(5,6)7)4(8,9)10;1-4-2-3/h1-5H,(H,8,9);11H,1H3;2H,1H3. The van der Waals surface area contributed by atoms with Crippen LogP contribution in [0.2, 0.25) is 0 Å². The first-order chi connectivity index (χ1) is 10.7. The first-order valence-corrected chi connectivity index (χ1v) is 5.83. The van der Waals surface area contributed by atoms with E-state index < -0.39 is 23.9 Å². The molecule has 0 aliphatic carbocycles. The molecule has 0 radical (unpaired) electrons. The number of aliphatic hydroxyl groups is 1. The van der Waals surface area contributed by atoms with Crippen LogP contribution in [0, 0.1) is 0 Å². The second-order valence-electron chi connectivity index (χ2n) is 4.07. The molecular weight excluding hydrogens is 350 g/mol. The van der Waals surface area contributed by atoms with Gasteiger partial charge in [-0.05, 0) is 19.1 Å². The van der Waals surface area contributed by atoms with Crippen LogP contribution in [0.3, 0.4) is 0 Å². The zero-order chi connectivity index (χ0) is 19.6. The minimum atomic E-state index is -5.69. The molecule has 0 atom stereocenters. The summed E-state index contributed by atoms with van der Waals surface area (Å²) in [5.41, 5.74) is -4.29. The van der Waals surface area contributed by atoms with E-state index in [1.54, 1.807) is 30.3 Å². The number of ether oxygens (including phenoxy) is 1. The van der Waals surface area contributed by atoms with Crippen LogP contribution in [0.5, 0.6) is 0 Å². The lowest BCUT2D eigenvalue weighted by Gasteiger charge is -2.28. The quantitative estimate of drug-likeness (QED) is 0.623. The number of benzene rings is 1.